The monoisotopic (exact) mass is 332 g/mol. The third-order valence-corrected chi connectivity index (χ3v) is 4.73. The van der Waals surface area contributed by atoms with Crippen LogP contribution in [0, 0.1) is 19.8 Å². The van der Waals surface area contributed by atoms with Crippen molar-refractivity contribution in [2.24, 2.45) is 5.92 Å². The molecule has 24 heavy (non-hydrogen) atoms. The highest BCUT2D eigenvalue weighted by molar-refractivity contribution is 5.96. The van der Waals surface area contributed by atoms with Crippen LogP contribution in [0.1, 0.15) is 37.8 Å². The van der Waals surface area contributed by atoms with Crippen LogP contribution in [0.15, 0.2) is 18.2 Å². The molecule has 1 fully saturated rings. The Hall–Kier alpha value is -1.88. The van der Waals surface area contributed by atoms with Gasteiger partial charge >= 0.3 is 5.97 Å². The van der Waals surface area contributed by atoms with Gasteiger partial charge in [-0.1, -0.05) is 18.2 Å². The molecule has 1 heterocycles. The van der Waals surface area contributed by atoms with Crippen molar-refractivity contribution < 1.29 is 14.3 Å². The molecule has 0 bridgehead atoms. The highest BCUT2D eigenvalue weighted by Gasteiger charge is 2.31. The second-order valence-corrected chi connectivity index (χ2v) is 6.52. The quantitative estimate of drug-likeness (QED) is 0.842. The first-order valence-electron chi connectivity index (χ1n) is 8.71. The van der Waals surface area contributed by atoms with Crippen LogP contribution in [-0.2, 0) is 14.3 Å². The molecule has 1 aromatic rings. The van der Waals surface area contributed by atoms with Crippen LogP contribution >= 0.6 is 0 Å². The van der Waals surface area contributed by atoms with Gasteiger partial charge in [0.05, 0.1) is 18.6 Å². The standard InChI is InChI=1S/C19H28N2O3/c1-5-24-19(23)16-10-7-11-21(12-16)15(4)18(22)20-17-13(2)8-6-9-14(17)3/h6,8-9,15-16H,5,7,10-12H2,1-4H3,(H,20,22)/t15-,16-/m0/s1. The molecule has 0 saturated carbocycles. The number of aryl methyl sites for hydroxylation is 2. The fourth-order valence-electron chi connectivity index (χ4n) is 3.22. The predicted octanol–water partition coefficient (Wildman–Crippen LogP) is 2.91. The zero-order chi connectivity index (χ0) is 17.7. The van der Waals surface area contributed by atoms with E-state index in [0.29, 0.717) is 13.2 Å². The summed E-state index contributed by atoms with van der Waals surface area (Å²) in [6, 6.07) is 5.69. The van der Waals surface area contributed by atoms with E-state index in [9.17, 15) is 9.59 Å². The third-order valence-electron chi connectivity index (χ3n) is 4.73. The van der Waals surface area contributed by atoms with Crippen molar-refractivity contribution in [3.05, 3.63) is 29.3 Å². The Bertz CT molecular complexity index is 580. The molecule has 132 valence electrons. The molecule has 1 amide bonds. The molecule has 5 nitrogen and oxygen atoms in total. The van der Waals surface area contributed by atoms with E-state index in [1.54, 1.807) is 0 Å². The number of amides is 1. The first-order chi connectivity index (χ1) is 11.4. The molecule has 0 unspecified atom stereocenters. The number of anilines is 1. The fraction of sp³-hybridized carbons (Fsp3) is 0.579. The van der Waals surface area contributed by atoms with Crippen LogP contribution in [-0.4, -0.2) is 42.5 Å². The number of esters is 1. The first-order valence-corrected chi connectivity index (χ1v) is 8.71. The molecule has 1 aliphatic heterocycles. The van der Waals surface area contributed by atoms with Crippen molar-refractivity contribution in [3.8, 4) is 0 Å². The van der Waals surface area contributed by atoms with Gasteiger partial charge in [0.15, 0.2) is 0 Å². The number of ether oxygens (including phenoxy) is 1. The van der Waals surface area contributed by atoms with Crippen molar-refractivity contribution in [2.45, 2.75) is 46.6 Å². The Morgan fingerprint density at radius 2 is 2.00 bits per heavy atom. The average Bonchev–Trinajstić information content (AvgIpc) is 2.57. The van der Waals surface area contributed by atoms with E-state index in [-0.39, 0.29) is 23.8 Å². The molecule has 1 N–H and O–H groups in total. The van der Waals surface area contributed by atoms with Gasteiger partial charge < -0.3 is 10.1 Å². The number of carbonyl (C=O) groups excluding carboxylic acids is 2. The second-order valence-electron chi connectivity index (χ2n) is 6.52. The molecule has 1 saturated heterocycles. The summed E-state index contributed by atoms with van der Waals surface area (Å²) in [7, 11) is 0. The number of piperidine rings is 1. The zero-order valence-electron chi connectivity index (χ0n) is 15.1. The Morgan fingerprint density at radius 1 is 1.33 bits per heavy atom. The molecule has 0 spiro atoms. The lowest BCUT2D eigenvalue weighted by Gasteiger charge is -2.35. The van der Waals surface area contributed by atoms with Crippen LogP contribution in [0.25, 0.3) is 0 Å². The number of hydrogen-bond acceptors (Lipinski definition) is 4. The summed E-state index contributed by atoms with van der Waals surface area (Å²) in [5.74, 6) is -0.310. The topological polar surface area (TPSA) is 58.6 Å². The van der Waals surface area contributed by atoms with Crippen LogP contribution in [0.3, 0.4) is 0 Å². The Balaban J connectivity index is 2.01. The largest absolute Gasteiger partial charge is 0.466 e. The molecule has 1 aliphatic rings. The van der Waals surface area contributed by atoms with Gasteiger partial charge in [0, 0.05) is 12.2 Å². The summed E-state index contributed by atoms with van der Waals surface area (Å²) in [6.45, 7) is 9.51. The van der Waals surface area contributed by atoms with E-state index in [0.717, 1.165) is 36.2 Å². The zero-order valence-corrected chi connectivity index (χ0v) is 15.1. The molecule has 5 heteroatoms. The lowest BCUT2D eigenvalue weighted by atomic mass is 9.97. The summed E-state index contributed by atoms with van der Waals surface area (Å²) in [4.78, 5) is 26.7. The molecule has 2 rings (SSSR count). The van der Waals surface area contributed by atoms with Crippen molar-refractivity contribution >= 4 is 17.6 Å². The maximum atomic E-state index is 12.6. The summed E-state index contributed by atoms with van der Waals surface area (Å²) < 4.78 is 5.13. The predicted molar refractivity (Wildman–Crippen MR) is 94.9 cm³/mol. The highest BCUT2D eigenvalue weighted by atomic mass is 16.5. The van der Waals surface area contributed by atoms with Gasteiger partial charge in [0.2, 0.25) is 5.91 Å². The van der Waals surface area contributed by atoms with Gasteiger partial charge in [-0.15, -0.1) is 0 Å². The lowest BCUT2D eigenvalue weighted by Crippen LogP contribution is -2.48. The Kier molecular flexibility index (Phi) is 6.37. The molecular weight excluding hydrogens is 304 g/mol. The van der Waals surface area contributed by atoms with Crippen molar-refractivity contribution in [2.75, 3.05) is 25.0 Å². The maximum Gasteiger partial charge on any atom is 0.310 e. The third kappa shape index (κ3) is 4.35. The van der Waals surface area contributed by atoms with E-state index in [4.69, 9.17) is 4.74 Å². The van der Waals surface area contributed by atoms with E-state index < -0.39 is 0 Å². The second kappa shape index (κ2) is 8.29. The minimum absolute atomic E-state index is 0.0306. The van der Waals surface area contributed by atoms with Gasteiger partial charge in [-0.3, -0.25) is 14.5 Å². The first kappa shape index (κ1) is 18.5. The molecule has 1 aromatic carbocycles. The number of para-hydroxylation sites is 1. The lowest BCUT2D eigenvalue weighted by molar-refractivity contribution is -0.150. The molecule has 0 aliphatic carbocycles. The Labute approximate surface area is 144 Å². The minimum atomic E-state index is -0.277. The average molecular weight is 332 g/mol. The van der Waals surface area contributed by atoms with E-state index in [2.05, 4.69) is 10.2 Å². The van der Waals surface area contributed by atoms with E-state index in [1.807, 2.05) is 45.9 Å². The minimum Gasteiger partial charge on any atom is -0.466 e. The number of hydrogen-bond donors (Lipinski definition) is 1. The number of carbonyl (C=O) groups is 2. The number of nitrogens with zero attached hydrogens (tertiary/aromatic N) is 1. The number of nitrogens with one attached hydrogen (secondary N) is 1. The smallest absolute Gasteiger partial charge is 0.310 e. The van der Waals surface area contributed by atoms with Crippen LogP contribution < -0.4 is 5.32 Å². The number of likely N-dealkylation sites (tertiary alicyclic amines) is 1. The molecule has 0 radical (unpaired) electrons. The summed E-state index contributed by atoms with van der Waals surface area (Å²) in [5.41, 5.74) is 2.99. The summed E-state index contributed by atoms with van der Waals surface area (Å²) >= 11 is 0. The van der Waals surface area contributed by atoms with Gasteiger partial charge in [0.25, 0.3) is 0 Å². The molecule has 0 aromatic heterocycles. The van der Waals surface area contributed by atoms with Crippen LogP contribution in [0.5, 0.6) is 0 Å². The van der Waals surface area contributed by atoms with Gasteiger partial charge in [0.1, 0.15) is 0 Å². The van der Waals surface area contributed by atoms with Gasteiger partial charge in [-0.25, -0.2) is 0 Å². The van der Waals surface area contributed by atoms with E-state index in [1.165, 1.54) is 0 Å². The summed E-state index contributed by atoms with van der Waals surface area (Å²) in [5, 5.41) is 3.05. The highest BCUT2D eigenvalue weighted by Crippen LogP contribution is 2.23. The number of rotatable bonds is 5. The Morgan fingerprint density at radius 3 is 2.62 bits per heavy atom. The van der Waals surface area contributed by atoms with E-state index >= 15 is 0 Å². The van der Waals surface area contributed by atoms with Crippen molar-refractivity contribution in [3.63, 3.8) is 0 Å². The van der Waals surface area contributed by atoms with Gasteiger partial charge in [-0.2, -0.15) is 0 Å². The SMILES string of the molecule is CCOC(=O)[C@H]1CCCN([C@@H](C)C(=O)Nc2c(C)cccc2C)C1. The molecular formula is C19H28N2O3. The summed E-state index contributed by atoms with van der Waals surface area (Å²) in [6.07, 6.45) is 1.74. The van der Waals surface area contributed by atoms with Crippen LogP contribution in [0.4, 0.5) is 5.69 Å². The fourth-order valence-corrected chi connectivity index (χ4v) is 3.22. The molecule has 2 atom stereocenters. The van der Waals surface area contributed by atoms with Crippen molar-refractivity contribution in [1.82, 2.24) is 4.90 Å². The van der Waals surface area contributed by atoms with Crippen LogP contribution in [0.2, 0.25) is 0 Å². The maximum absolute atomic E-state index is 12.6. The van der Waals surface area contributed by atoms with Gasteiger partial charge in [-0.05, 0) is 58.2 Å². The normalized spacial score (nSPS) is 19.6. The van der Waals surface area contributed by atoms with Crippen molar-refractivity contribution in [1.29, 1.82) is 0 Å². The number of benzene rings is 1.